The molecule has 2 unspecified atom stereocenters. The van der Waals surface area contributed by atoms with Crippen LogP contribution in [-0.4, -0.2) is 11.7 Å². The molecule has 2 heteroatoms. The number of aliphatic hydroxyl groups excluding tert-OH is 1. The van der Waals surface area contributed by atoms with E-state index >= 15 is 0 Å². The predicted octanol–water partition coefficient (Wildman–Crippen LogP) is 3.25. The molecule has 1 aromatic carbocycles. The summed E-state index contributed by atoms with van der Waals surface area (Å²) in [6.07, 6.45) is -0.481. The van der Waals surface area contributed by atoms with E-state index < -0.39 is 6.10 Å². The van der Waals surface area contributed by atoms with E-state index in [0.29, 0.717) is 12.5 Å². The standard InChI is InChI=1S/C16H27NO/c1-11(2)13(10-17)15(18)12-8-6-7-9-14(12)16(3,4)5/h6-9,11,13,15,18H,10,17H2,1-5H3. The maximum atomic E-state index is 10.6. The normalized spacial score (nSPS) is 15.8. The summed E-state index contributed by atoms with van der Waals surface area (Å²) in [5.41, 5.74) is 8.07. The second-order valence-corrected chi connectivity index (χ2v) is 6.43. The number of nitrogens with two attached hydrogens (primary N) is 1. The van der Waals surface area contributed by atoms with Crippen LogP contribution in [0.25, 0.3) is 0 Å². The molecule has 3 N–H and O–H groups in total. The topological polar surface area (TPSA) is 46.2 Å². The van der Waals surface area contributed by atoms with E-state index in [1.165, 1.54) is 5.56 Å². The molecule has 0 saturated carbocycles. The van der Waals surface area contributed by atoms with Crippen molar-refractivity contribution in [2.45, 2.75) is 46.1 Å². The highest BCUT2D eigenvalue weighted by Crippen LogP contribution is 2.34. The molecule has 0 aromatic heterocycles. The number of hydrogen-bond acceptors (Lipinski definition) is 2. The molecule has 0 saturated heterocycles. The number of aliphatic hydroxyl groups is 1. The van der Waals surface area contributed by atoms with Gasteiger partial charge in [0.2, 0.25) is 0 Å². The maximum Gasteiger partial charge on any atom is 0.0835 e. The van der Waals surface area contributed by atoms with Crippen molar-refractivity contribution in [3.8, 4) is 0 Å². The Labute approximate surface area is 111 Å². The van der Waals surface area contributed by atoms with Gasteiger partial charge in [-0.2, -0.15) is 0 Å². The van der Waals surface area contributed by atoms with E-state index in [9.17, 15) is 5.11 Å². The molecule has 1 rings (SSSR count). The molecule has 102 valence electrons. The fraction of sp³-hybridized carbons (Fsp3) is 0.625. The SMILES string of the molecule is CC(C)C(CN)C(O)c1ccccc1C(C)(C)C. The average Bonchev–Trinajstić information content (AvgIpc) is 2.28. The molecule has 18 heavy (non-hydrogen) atoms. The van der Waals surface area contributed by atoms with Gasteiger partial charge >= 0.3 is 0 Å². The van der Waals surface area contributed by atoms with Crippen LogP contribution < -0.4 is 5.73 Å². The Morgan fingerprint density at radius 1 is 1.17 bits per heavy atom. The Bertz CT molecular complexity index is 379. The van der Waals surface area contributed by atoms with Crippen LogP contribution in [0.15, 0.2) is 24.3 Å². The predicted molar refractivity (Wildman–Crippen MR) is 77.5 cm³/mol. The zero-order chi connectivity index (χ0) is 13.9. The van der Waals surface area contributed by atoms with E-state index in [1.807, 2.05) is 18.2 Å². The smallest absolute Gasteiger partial charge is 0.0835 e. The van der Waals surface area contributed by atoms with Crippen LogP contribution in [0.4, 0.5) is 0 Å². The molecular formula is C16H27NO. The van der Waals surface area contributed by atoms with Crippen LogP contribution in [-0.2, 0) is 5.41 Å². The molecule has 0 spiro atoms. The highest BCUT2D eigenvalue weighted by atomic mass is 16.3. The molecule has 2 nitrogen and oxygen atoms in total. The van der Waals surface area contributed by atoms with Crippen LogP contribution in [0.3, 0.4) is 0 Å². The molecule has 0 aliphatic rings. The zero-order valence-electron chi connectivity index (χ0n) is 12.3. The van der Waals surface area contributed by atoms with Gasteiger partial charge in [-0.15, -0.1) is 0 Å². The van der Waals surface area contributed by atoms with Crippen molar-refractivity contribution in [1.29, 1.82) is 0 Å². The van der Waals surface area contributed by atoms with Gasteiger partial charge in [-0.05, 0) is 29.0 Å². The van der Waals surface area contributed by atoms with Gasteiger partial charge in [0.15, 0.2) is 0 Å². The van der Waals surface area contributed by atoms with Crippen molar-refractivity contribution >= 4 is 0 Å². The molecule has 0 radical (unpaired) electrons. The highest BCUT2D eigenvalue weighted by molar-refractivity contribution is 5.34. The third-order valence-corrected chi connectivity index (χ3v) is 3.62. The highest BCUT2D eigenvalue weighted by Gasteiger charge is 2.27. The lowest BCUT2D eigenvalue weighted by atomic mass is 9.78. The largest absolute Gasteiger partial charge is 0.388 e. The summed E-state index contributed by atoms with van der Waals surface area (Å²) in [5.74, 6) is 0.478. The van der Waals surface area contributed by atoms with Crippen molar-refractivity contribution in [3.63, 3.8) is 0 Å². The van der Waals surface area contributed by atoms with E-state index in [1.54, 1.807) is 0 Å². The summed E-state index contributed by atoms with van der Waals surface area (Å²) in [7, 11) is 0. The van der Waals surface area contributed by atoms with Gasteiger partial charge in [0.1, 0.15) is 0 Å². The van der Waals surface area contributed by atoms with Crippen molar-refractivity contribution in [1.82, 2.24) is 0 Å². The third-order valence-electron chi connectivity index (χ3n) is 3.62. The Morgan fingerprint density at radius 2 is 1.72 bits per heavy atom. The summed E-state index contributed by atoms with van der Waals surface area (Å²) in [6, 6.07) is 8.15. The van der Waals surface area contributed by atoms with Crippen molar-refractivity contribution in [3.05, 3.63) is 35.4 Å². The van der Waals surface area contributed by atoms with Crippen molar-refractivity contribution < 1.29 is 5.11 Å². The minimum Gasteiger partial charge on any atom is -0.388 e. The van der Waals surface area contributed by atoms with Gasteiger partial charge in [0.05, 0.1) is 6.10 Å². The fourth-order valence-corrected chi connectivity index (χ4v) is 2.43. The molecule has 0 bridgehead atoms. The van der Waals surface area contributed by atoms with Crippen LogP contribution >= 0.6 is 0 Å². The Hall–Kier alpha value is -0.860. The summed E-state index contributed by atoms with van der Waals surface area (Å²) >= 11 is 0. The molecule has 0 aliphatic carbocycles. The molecule has 1 aromatic rings. The summed E-state index contributed by atoms with van der Waals surface area (Å²) < 4.78 is 0. The fourth-order valence-electron chi connectivity index (χ4n) is 2.43. The third kappa shape index (κ3) is 3.33. The van der Waals surface area contributed by atoms with E-state index in [-0.39, 0.29) is 11.3 Å². The monoisotopic (exact) mass is 249 g/mol. The second-order valence-electron chi connectivity index (χ2n) is 6.43. The van der Waals surface area contributed by atoms with Crippen LogP contribution in [0, 0.1) is 11.8 Å². The lowest BCUT2D eigenvalue weighted by molar-refractivity contribution is 0.0845. The first-order valence-corrected chi connectivity index (χ1v) is 6.76. The molecular weight excluding hydrogens is 222 g/mol. The first kappa shape index (κ1) is 15.2. The Balaban J connectivity index is 3.17. The lowest BCUT2D eigenvalue weighted by Crippen LogP contribution is -2.28. The van der Waals surface area contributed by atoms with Crippen LogP contribution in [0.2, 0.25) is 0 Å². The van der Waals surface area contributed by atoms with Gasteiger partial charge < -0.3 is 10.8 Å². The van der Waals surface area contributed by atoms with Crippen molar-refractivity contribution in [2.24, 2.45) is 17.6 Å². The number of benzene rings is 1. The first-order valence-electron chi connectivity index (χ1n) is 6.76. The van der Waals surface area contributed by atoms with E-state index in [0.717, 1.165) is 5.56 Å². The molecule has 0 amide bonds. The van der Waals surface area contributed by atoms with Gasteiger partial charge in [-0.3, -0.25) is 0 Å². The number of hydrogen-bond donors (Lipinski definition) is 2. The average molecular weight is 249 g/mol. The quantitative estimate of drug-likeness (QED) is 0.860. The summed E-state index contributed by atoms with van der Waals surface area (Å²) in [5, 5.41) is 10.6. The van der Waals surface area contributed by atoms with E-state index in [4.69, 9.17) is 5.73 Å². The lowest BCUT2D eigenvalue weighted by Gasteiger charge is -2.30. The van der Waals surface area contributed by atoms with Gasteiger partial charge in [-0.25, -0.2) is 0 Å². The maximum absolute atomic E-state index is 10.6. The van der Waals surface area contributed by atoms with Crippen LogP contribution in [0.1, 0.15) is 51.8 Å². The Morgan fingerprint density at radius 3 is 2.17 bits per heavy atom. The molecule has 2 atom stereocenters. The van der Waals surface area contributed by atoms with Gasteiger partial charge in [0, 0.05) is 5.92 Å². The summed E-state index contributed by atoms with van der Waals surface area (Å²) in [4.78, 5) is 0. The second kappa shape index (κ2) is 5.85. The summed E-state index contributed by atoms with van der Waals surface area (Å²) in [6.45, 7) is 11.3. The molecule has 0 aliphatic heterocycles. The number of rotatable bonds is 4. The molecule has 0 heterocycles. The van der Waals surface area contributed by atoms with Crippen LogP contribution in [0.5, 0.6) is 0 Å². The van der Waals surface area contributed by atoms with E-state index in [2.05, 4.69) is 40.7 Å². The van der Waals surface area contributed by atoms with Gasteiger partial charge in [0.25, 0.3) is 0 Å². The minimum absolute atomic E-state index is 0.0354. The first-order chi connectivity index (χ1) is 8.29. The minimum atomic E-state index is -0.481. The van der Waals surface area contributed by atoms with Crippen molar-refractivity contribution in [2.75, 3.05) is 6.54 Å². The zero-order valence-corrected chi connectivity index (χ0v) is 12.3. The van der Waals surface area contributed by atoms with Gasteiger partial charge in [-0.1, -0.05) is 58.9 Å². The Kier molecular flexibility index (Phi) is 4.94. The molecule has 0 fully saturated rings.